The molecule has 3 N–H and O–H groups in total. The monoisotopic (exact) mass is 294 g/mol. The van der Waals surface area contributed by atoms with E-state index < -0.39 is 5.54 Å². The molecule has 1 amide bonds. The van der Waals surface area contributed by atoms with E-state index in [4.69, 9.17) is 5.73 Å². The molecule has 1 saturated carbocycles. The highest BCUT2D eigenvalue weighted by Crippen LogP contribution is 2.37. The van der Waals surface area contributed by atoms with Crippen LogP contribution in [-0.4, -0.2) is 32.7 Å². The van der Waals surface area contributed by atoms with Gasteiger partial charge in [-0.1, -0.05) is 0 Å². The number of nitrogens with zero attached hydrogens (tertiary/aromatic N) is 2. The van der Waals surface area contributed by atoms with Crippen molar-refractivity contribution in [2.45, 2.75) is 61.4 Å². The minimum absolute atomic E-state index is 0.237. The van der Waals surface area contributed by atoms with Crippen LogP contribution >= 0.6 is 11.8 Å². The molecular weight excluding hydrogens is 272 g/mol. The first-order valence-corrected chi connectivity index (χ1v) is 7.90. The van der Waals surface area contributed by atoms with E-state index in [0.717, 1.165) is 30.7 Å². The lowest BCUT2D eigenvalue weighted by atomic mass is 9.80. The molecule has 1 aliphatic carbocycles. The molecule has 0 radical (unpaired) electrons. The number of aromatic nitrogens is 2. The lowest BCUT2D eigenvalue weighted by Crippen LogP contribution is -2.60. The topological polar surface area (TPSA) is 80.9 Å². The lowest BCUT2D eigenvalue weighted by Gasteiger charge is -2.40. The average molecular weight is 294 g/mol. The quantitative estimate of drug-likeness (QED) is 0.808. The van der Waals surface area contributed by atoms with Crippen molar-refractivity contribution in [3.8, 4) is 0 Å². The Hall–Kier alpha value is -1.14. The summed E-state index contributed by atoms with van der Waals surface area (Å²) in [5, 5.41) is 4.70. The van der Waals surface area contributed by atoms with Crippen LogP contribution in [0.1, 0.15) is 39.5 Å². The van der Waals surface area contributed by atoms with Crippen molar-refractivity contribution in [3.05, 3.63) is 18.6 Å². The molecule has 0 bridgehead atoms. The van der Waals surface area contributed by atoms with Crippen molar-refractivity contribution < 1.29 is 4.79 Å². The summed E-state index contributed by atoms with van der Waals surface area (Å²) in [5.74, 6) is -0.237. The molecule has 2 unspecified atom stereocenters. The molecule has 2 atom stereocenters. The van der Waals surface area contributed by atoms with Crippen LogP contribution in [-0.2, 0) is 4.79 Å². The summed E-state index contributed by atoms with van der Waals surface area (Å²) in [6, 6.07) is 2.14. The largest absolute Gasteiger partial charge is 0.368 e. The van der Waals surface area contributed by atoms with Gasteiger partial charge in [-0.3, -0.25) is 4.79 Å². The number of nitrogens with one attached hydrogen (secondary N) is 1. The molecule has 1 aliphatic rings. The molecular formula is C14H22N4OS. The van der Waals surface area contributed by atoms with Crippen LogP contribution in [0.25, 0.3) is 0 Å². The molecule has 110 valence electrons. The highest BCUT2D eigenvalue weighted by molar-refractivity contribution is 7.99. The number of carbonyl (C=O) groups excluding carboxylic acids is 1. The molecule has 0 aromatic carbocycles. The van der Waals surface area contributed by atoms with Gasteiger partial charge in [-0.05, 0) is 45.6 Å². The summed E-state index contributed by atoms with van der Waals surface area (Å²) >= 11 is 1.71. The number of carbonyl (C=O) groups is 1. The molecule has 1 aromatic heterocycles. The van der Waals surface area contributed by atoms with Crippen molar-refractivity contribution in [1.82, 2.24) is 15.3 Å². The van der Waals surface area contributed by atoms with Gasteiger partial charge in [0.15, 0.2) is 0 Å². The third-order valence-corrected chi connectivity index (χ3v) is 4.80. The maximum atomic E-state index is 11.9. The Labute approximate surface area is 124 Å². The Morgan fingerprint density at radius 1 is 1.60 bits per heavy atom. The summed E-state index contributed by atoms with van der Waals surface area (Å²) in [6.45, 7) is 4.09. The molecule has 0 aliphatic heterocycles. The van der Waals surface area contributed by atoms with Gasteiger partial charge in [-0.25, -0.2) is 9.97 Å². The van der Waals surface area contributed by atoms with E-state index in [1.165, 1.54) is 0 Å². The fourth-order valence-corrected chi connectivity index (χ4v) is 4.06. The first kappa shape index (κ1) is 15.3. The van der Waals surface area contributed by atoms with Gasteiger partial charge in [-0.15, -0.1) is 11.8 Å². The van der Waals surface area contributed by atoms with E-state index in [2.05, 4.69) is 15.3 Å². The summed E-state index contributed by atoms with van der Waals surface area (Å²) in [4.78, 5) is 20.1. The maximum Gasteiger partial charge on any atom is 0.237 e. The first-order valence-electron chi connectivity index (χ1n) is 7.02. The second kappa shape index (κ2) is 6.54. The molecule has 1 aromatic rings. The third-order valence-electron chi connectivity index (χ3n) is 3.58. The normalized spacial score (nSPS) is 26.6. The first-order chi connectivity index (χ1) is 9.52. The van der Waals surface area contributed by atoms with Crippen molar-refractivity contribution in [2.24, 2.45) is 5.73 Å². The molecule has 0 spiro atoms. The summed E-state index contributed by atoms with van der Waals surface area (Å²) in [5.41, 5.74) is 5.10. The Morgan fingerprint density at radius 2 is 2.40 bits per heavy atom. The zero-order chi connectivity index (χ0) is 14.6. The van der Waals surface area contributed by atoms with Crippen LogP contribution in [0.4, 0.5) is 0 Å². The van der Waals surface area contributed by atoms with E-state index in [1.54, 1.807) is 24.3 Å². The molecule has 1 fully saturated rings. The number of hydrogen-bond donors (Lipinski definition) is 2. The summed E-state index contributed by atoms with van der Waals surface area (Å²) in [7, 11) is 0. The Balaban J connectivity index is 2.08. The van der Waals surface area contributed by atoms with E-state index in [-0.39, 0.29) is 11.9 Å². The number of amides is 1. The zero-order valence-electron chi connectivity index (χ0n) is 12.0. The van der Waals surface area contributed by atoms with Gasteiger partial charge in [0.1, 0.15) is 6.33 Å². The van der Waals surface area contributed by atoms with Gasteiger partial charge < -0.3 is 11.1 Å². The van der Waals surface area contributed by atoms with Crippen molar-refractivity contribution in [3.63, 3.8) is 0 Å². The number of thioether (sulfide) groups is 1. The molecule has 6 heteroatoms. The standard InChI is InChI=1S/C14H22N4OS/c1-10(2)18-14(13(15)19)6-3-4-11(8-14)20-12-5-7-16-9-17-12/h5,7,9-11,18H,3-4,6,8H2,1-2H3,(H2,15,19). The minimum Gasteiger partial charge on any atom is -0.368 e. The van der Waals surface area contributed by atoms with Crippen LogP contribution in [0, 0.1) is 0 Å². The predicted octanol–water partition coefficient (Wildman–Crippen LogP) is 1.73. The molecule has 2 rings (SSSR count). The second-order valence-electron chi connectivity index (χ2n) is 5.63. The number of nitrogens with two attached hydrogens (primary N) is 1. The third kappa shape index (κ3) is 3.70. The number of hydrogen-bond acceptors (Lipinski definition) is 5. The van der Waals surface area contributed by atoms with E-state index in [0.29, 0.717) is 5.25 Å². The fraction of sp³-hybridized carbons (Fsp3) is 0.643. The van der Waals surface area contributed by atoms with Crippen LogP contribution in [0.5, 0.6) is 0 Å². The maximum absolute atomic E-state index is 11.9. The zero-order valence-corrected chi connectivity index (χ0v) is 12.8. The van der Waals surface area contributed by atoms with Crippen molar-refractivity contribution in [2.75, 3.05) is 0 Å². The molecule has 0 saturated heterocycles. The van der Waals surface area contributed by atoms with Crippen molar-refractivity contribution in [1.29, 1.82) is 0 Å². The van der Waals surface area contributed by atoms with Gasteiger partial charge in [0.25, 0.3) is 0 Å². The minimum atomic E-state index is -0.572. The SMILES string of the molecule is CC(C)NC1(C(N)=O)CCCC(Sc2ccncn2)C1. The van der Waals surface area contributed by atoms with E-state index in [9.17, 15) is 4.79 Å². The van der Waals surface area contributed by atoms with E-state index in [1.807, 2.05) is 19.9 Å². The second-order valence-corrected chi connectivity index (χ2v) is 6.95. The van der Waals surface area contributed by atoms with Gasteiger partial charge >= 0.3 is 0 Å². The van der Waals surface area contributed by atoms with E-state index >= 15 is 0 Å². The Kier molecular flexibility index (Phi) is 4.99. The summed E-state index contributed by atoms with van der Waals surface area (Å²) < 4.78 is 0. The number of rotatable bonds is 5. The smallest absolute Gasteiger partial charge is 0.237 e. The Morgan fingerprint density at radius 3 is 3.00 bits per heavy atom. The molecule has 1 heterocycles. The summed E-state index contributed by atoms with van der Waals surface area (Å²) in [6.07, 6.45) is 6.97. The van der Waals surface area contributed by atoms with Gasteiger partial charge in [-0.2, -0.15) is 0 Å². The van der Waals surface area contributed by atoms with Crippen LogP contribution in [0.15, 0.2) is 23.6 Å². The number of primary amides is 1. The lowest BCUT2D eigenvalue weighted by molar-refractivity contribution is -0.126. The highest BCUT2D eigenvalue weighted by Gasteiger charge is 2.41. The van der Waals surface area contributed by atoms with Crippen LogP contribution < -0.4 is 11.1 Å². The van der Waals surface area contributed by atoms with Gasteiger partial charge in [0.2, 0.25) is 5.91 Å². The average Bonchev–Trinajstić information content (AvgIpc) is 2.39. The fourth-order valence-electron chi connectivity index (χ4n) is 2.82. The van der Waals surface area contributed by atoms with Crippen LogP contribution in [0.2, 0.25) is 0 Å². The van der Waals surface area contributed by atoms with Gasteiger partial charge in [0, 0.05) is 17.5 Å². The van der Waals surface area contributed by atoms with Crippen molar-refractivity contribution >= 4 is 17.7 Å². The molecule has 20 heavy (non-hydrogen) atoms. The highest BCUT2D eigenvalue weighted by atomic mass is 32.2. The predicted molar refractivity (Wildman–Crippen MR) is 80.3 cm³/mol. The van der Waals surface area contributed by atoms with Gasteiger partial charge in [0.05, 0.1) is 10.6 Å². The molecule has 5 nitrogen and oxygen atoms in total. The van der Waals surface area contributed by atoms with Crippen LogP contribution in [0.3, 0.4) is 0 Å². The Bertz CT molecular complexity index is 454.